The summed E-state index contributed by atoms with van der Waals surface area (Å²) in [7, 11) is 3.13. The first-order valence-corrected chi connectivity index (χ1v) is 10.0. The highest BCUT2D eigenvalue weighted by atomic mass is 16.5. The number of methoxy groups -OCH3 is 2. The van der Waals surface area contributed by atoms with Gasteiger partial charge in [0.2, 0.25) is 5.95 Å². The van der Waals surface area contributed by atoms with Crippen LogP contribution in [0.3, 0.4) is 0 Å². The Morgan fingerprint density at radius 1 is 1.06 bits per heavy atom. The summed E-state index contributed by atoms with van der Waals surface area (Å²) < 4.78 is 12.2. The first kappa shape index (κ1) is 19.2. The number of aromatic hydroxyl groups is 1. The van der Waals surface area contributed by atoms with Crippen LogP contribution in [0.2, 0.25) is 0 Å². The van der Waals surface area contributed by atoms with E-state index < -0.39 is 6.04 Å². The molecule has 0 radical (unpaired) electrons. The summed E-state index contributed by atoms with van der Waals surface area (Å²) in [6.07, 6.45) is 2.56. The largest absolute Gasteiger partial charge is 0.504 e. The van der Waals surface area contributed by atoms with Crippen LogP contribution in [0.4, 0.5) is 5.95 Å². The van der Waals surface area contributed by atoms with Crippen LogP contribution >= 0.6 is 0 Å². The van der Waals surface area contributed by atoms with Gasteiger partial charge in [-0.05, 0) is 47.7 Å². The molecular formula is C23H22N4O4. The predicted octanol–water partition coefficient (Wildman–Crippen LogP) is 3.42. The van der Waals surface area contributed by atoms with Gasteiger partial charge >= 0.3 is 0 Å². The van der Waals surface area contributed by atoms with E-state index in [9.17, 15) is 9.90 Å². The molecule has 0 fully saturated rings. The lowest BCUT2D eigenvalue weighted by Gasteiger charge is -2.35. The molecule has 1 aromatic heterocycles. The Morgan fingerprint density at radius 3 is 2.58 bits per heavy atom. The molecule has 1 aliphatic carbocycles. The molecule has 158 valence electrons. The van der Waals surface area contributed by atoms with Crippen molar-refractivity contribution in [3.8, 4) is 17.2 Å². The fourth-order valence-electron chi connectivity index (χ4n) is 4.44. The van der Waals surface area contributed by atoms with Gasteiger partial charge in [0.25, 0.3) is 0 Å². The molecule has 8 nitrogen and oxygen atoms in total. The molecule has 8 heteroatoms. The van der Waals surface area contributed by atoms with Crippen LogP contribution in [0.1, 0.15) is 35.9 Å². The van der Waals surface area contributed by atoms with E-state index in [0.717, 1.165) is 22.6 Å². The fraction of sp³-hybridized carbons (Fsp3) is 0.261. The number of hydrogen-bond acceptors (Lipinski definition) is 7. The Morgan fingerprint density at radius 2 is 1.84 bits per heavy atom. The number of allylic oxidation sites excluding steroid dienone is 2. The van der Waals surface area contributed by atoms with Gasteiger partial charge in [0.15, 0.2) is 17.3 Å². The van der Waals surface area contributed by atoms with E-state index in [0.29, 0.717) is 30.1 Å². The minimum Gasteiger partial charge on any atom is -0.504 e. The monoisotopic (exact) mass is 418 g/mol. The zero-order valence-corrected chi connectivity index (χ0v) is 17.2. The van der Waals surface area contributed by atoms with E-state index in [-0.39, 0.29) is 17.5 Å². The van der Waals surface area contributed by atoms with Crippen molar-refractivity contribution in [2.45, 2.75) is 24.8 Å². The molecule has 3 aromatic rings. The number of nitrogens with one attached hydrogen (secondary N) is 1. The summed E-state index contributed by atoms with van der Waals surface area (Å²) >= 11 is 0. The van der Waals surface area contributed by atoms with Crippen LogP contribution in [-0.2, 0) is 4.79 Å². The molecule has 0 unspecified atom stereocenters. The highest BCUT2D eigenvalue weighted by molar-refractivity contribution is 6.00. The number of ketones is 1. The van der Waals surface area contributed by atoms with Crippen LogP contribution < -0.4 is 14.8 Å². The number of phenols is 1. The predicted molar refractivity (Wildman–Crippen MR) is 113 cm³/mol. The molecule has 2 heterocycles. The average Bonchev–Trinajstić information content (AvgIpc) is 3.26. The van der Waals surface area contributed by atoms with Crippen molar-refractivity contribution in [2.24, 2.45) is 0 Å². The lowest BCUT2D eigenvalue weighted by Crippen LogP contribution is -2.33. The van der Waals surface area contributed by atoms with Crippen molar-refractivity contribution in [1.82, 2.24) is 14.8 Å². The molecule has 1 aliphatic heterocycles. The van der Waals surface area contributed by atoms with Crippen LogP contribution in [0, 0.1) is 0 Å². The third-order valence-electron chi connectivity index (χ3n) is 5.97. The Labute approximate surface area is 179 Å². The average molecular weight is 418 g/mol. The van der Waals surface area contributed by atoms with Crippen molar-refractivity contribution in [1.29, 1.82) is 0 Å². The number of nitrogens with zero attached hydrogens (tertiary/aromatic N) is 3. The third-order valence-corrected chi connectivity index (χ3v) is 5.97. The van der Waals surface area contributed by atoms with Crippen LogP contribution in [0.15, 0.2) is 60.1 Å². The molecule has 31 heavy (non-hydrogen) atoms. The number of fused-ring (bicyclic) bond motifs is 1. The van der Waals surface area contributed by atoms with Gasteiger partial charge < -0.3 is 19.9 Å². The van der Waals surface area contributed by atoms with Gasteiger partial charge in [0, 0.05) is 17.7 Å². The van der Waals surface area contributed by atoms with Crippen molar-refractivity contribution >= 4 is 11.7 Å². The maximum absolute atomic E-state index is 13.4. The van der Waals surface area contributed by atoms with Crippen LogP contribution in [-0.4, -0.2) is 39.9 Å². The van der Waals surface area contributed by atoms with Crippen molar-refractivity contribution in [2.75, 3.05) is 19.5 Å². The number of benzene rings is 2. The number of anilines is 1. The molecular weight excluding hydrogens is 396 g/mol. The summed E-state index contributed by atoms with van der Waals surface area (Å²) in [5, 5.41) is 17.7. The summed E-state index contributed by atoms with van der Waals surface area (Å²) in [6.45, 7) is 0. The SMILES string of the molecule is COc1ccc([C@@H]2CC(=O)C3=C(C2)Nc2ncnn2[C@H]3c2ccc(O)c(OC)c2)cc1. The first-order valence-electron chi connectivity index (χ1n) is 10.0. The Kier molecular flexibility index (Phi) is 4.62. The zero-order valence-electron chi connectivity index (χ0n) is 17.2. The molecule has 0 saturated carbocycles. The van der Waals surface area contributed by atoms with Gasteiger partial charge in [-0.2, -0.15) is 10.1 Å². The number of ether oxygens (including phenoxy) is 2. The summed E-state index contributed by atoms with van der Waals surface area (Å²) in [5.74, 6) is 1.89. The third kappa shape index (κ3) is 3.20. The minimum absolute atomic E-state index is 0.0442. The molecule has 0 saturated heterocycles. The van der Waals surface area contributed by atoms with Crippen molar-refractivity contribution in [3.05, 3.63) is 71.2 Å². The quantitative estimate of drug-likeness (QED) is 0.670. The van der Waals surface area contributed by atoms with Gasteiger partial charge in [0.05, 0.1) is 14.2 Å². The Balaban J connectivity index is 1.57. The number of aromatic nitrogens is 3. The molecule has 2 aliphatic rings. The van der Waals surface area contributed by atoms with E-state index in [1.165, 1.54) is 13.4 Å². The normalized spacial score (nSPS) is 20.0. The second-order valence-electron chi connectivity index (χ2n) is 7.68. The molecule has 5 rings (SSSR count). The maximum Gasteiger partial charge on any atom is 0.226 e. The number of carbonyl (C=O) groups excluding carboxylic acids is 1. The van der Waals surface area contributed by atoms with E-state index in [2.05, 4.69) is 15.4 Å². The number of hydrogen-bond donors (Lipinski definition) is 2. The molecule has 0 amide bonds. The summed E-state index contributed by atoms with van der Waals surface area (Å²) in [6, 6.07) is 12.5. The van der Waals surface area contributed by atoms with Gasteiger partial charge in [0.1, 0.15) is 18.1 Å². The van der Waals surface area contributed by atoms with Gasteiger partial charge in [-0.15, -0.1) is 0 Å². The Bertz CT molecular complexity index is 1180. The van der Waals surface area contributed by atoms with E-state index >= 15 is 0 Å². The number of phenolic OH excluding ortho intramolecular Hbond substituents is 1. The van der Waals surface area contributed by atoms with E-state index in [4.69, 9.17) is 9.47 Å². The molecule has 0 bridgehead atoms. The Hall–Kier alpha value is -3.81. The molecule has 2 aromatic carbocycles. The van der Waals surface area contributed by atoms with Gasteiger partial charge in [-0.3, -0.25) is 4.79 Å². The fourth-order valence-corrected chi connectivity index (χ4v) is 4.44. The van der Waals surface area contributed by atoms with Gasteiger partial charge in [-0.1, -0.05) is 18.2 Å². The minimum atomic E-state index is -0.437. The van der Waals surface area contributed by atoms with Crippen molar-refractivity contribution < 1.29 is 19.4 Å². The standard InChI is InChI=1S/C23H22N4O4/c1-30-16-6-3-13(4-7-16)15-9-17-21(19(29)10-15)22(27-23(26-17)24-12-25-27)14-5-8-18(28)20(11-14)31-2/h3-8,11-12,15,22,28H,9-10H2,1-2H3,(H,24,25,26)/t15-,22-/m0/s1. The van der Waals surface area contributed by atoms with E-state index in [1.807, 2.05) is 24.3 Å². The topological polar surface area (TPSA) is 98.5 Å². The summed E-state index contributed by atoms with van der Waals surface area (Å²) in [4.78, 5) is 17.7. The molecule has 2 atom stereocenters. The smallest absolute Gasteiger partial charge is 0.226 e. The second kappa shape index (κ2) is 7.46. The lowest BCUT2D eigenvalue weighted by atomic mass is 9.78. The highest BCUT2D eigenvalue weighted by Crippen LogP contribution is 2.45. The van der Waals surface area contributed by atoms with E-state index in [1.54, 1.807) is 30.0 Å². The number of rotatable bonds is 4. The first-order chi connectivity index (χ1) is 15.1. The van der Waals surface area contributed by atoms with Gasteiger partial charge in [-0.25, -0.2) is 4.68 Å². The maximum atomic E-state index is 13.4. The lowest BCUT2D eigenvalue weighted by molar-refractivity contribution is -0.116. The van der Waals surface area contributed by atoms with Crippen LogP contribution in [0.5, 0.6) is 17.2 Å². The number of carbonyl (C=O) groups is 1. The zero-order chi connectivity index (χ0) is 21.5. The second-order valence-corrected chi connectivity index (χ2v) is 7.68. The molecule has 0 spiro atoms. The molecule has 2 N–H and O–H groups in total. The number of Topliss-reactive ketones (excluding diaryl/α,β-unsaturated/α-hetero) is 1. The van der Waals surface area contributed by atoms with Crippen LogP contribution in [0.25, 0.3) is 0 Å². The van der Waals surface area contributed by atoms with Crippen molar-refractivity contribution in [3.63, 3.8) is 0 Å². The summed E-state index contributed by atoms with van der Waals surface area (Å²) in [5.41, 5.74) is 3.43. The highest BCUT2D eigenvalue weighted by Gasteiger charge is 2.39.